The number of carbonyl (C=O) groups is 1. The zero-order chi connectivity index (χ0) is 16.4. The van der Waals surface area contributed by atoms with Crippen LogP contribution in [0.3, 0.4) is 0 Å². The predicted octanol–water partition coefficient (Wildman–Crippen LogP) is 2.48. The Labute approximate surface area is 131 Å². The molecule has 2 N–H and O–H groups in total. The molecule has 0 radical (unpaired) electrons. The summed E-state index contributed by atoms with van der Waals surface area (Å²) in [6.07, 6.45) is 0.988. The monoisotopic (exact) mass is 321 g/mol. The molecule has 1 aliphatic carbocycles. The zero-order valence-corrected chi connectivity index (χ0v) is 12.4. The van der Waals surface area contributed by atoms with E-state index in [9.17, 15) is 18.4 Å². The summed E-state index contributed by atoms with van der Waals surface area (Å²) in [5, 5.41) is 3.29. The third kappa shape index (κ3) is 3.38. The van der Waals surface area contributed by atoms with Gasteiger partial charge in [0.05, 0.1) is 17.2 Å². The van der Waals surface area contributed by atoms with Crippen molar-refractivity contribution >= 4 is 16.8 Å². The summed E-state index contributed by atoms with van der Waals surface area (Å²) in [6, 6.07) is 4.61. The largest absolute Gasteiger partial charge is 0.349 e. The number of aromatic amines is 1. The van der Waals surface area contributed by atoms with Crippen molar-refractivity contribution in [2.45, 2.75) is 38.2 Å². The lowest BCUT2D eigenvalue weighted by molar-refractivity contribution is 0.0499. The Balaban J connectivity index is 1.68. The molecule has 0 aliphatic heterocycles. The van der Waals surface area contributed by atoms with Gasteiger partial charge in [-0.05, 0) is 43.9 Å². The maximum atomic E-state index is 12.6. The van der Waals surface area contributed by atoms with Crippen molar-refractivity contribution in [3.63, 3.8) is 0 Å². The maximum Gasteiger partial charge on any atom is 0.258 e. The molecule has 23 heavy (non-hydrogen) atoms. The first kappa shape index (κ1) is 15.6. The first-order chi connectivity index (χ1) is 11.0. The molecule has 1 amide bonds. The van der Waals surface area contributed by atoms with Crippen molar-refractivity contribution in [1.82, 2.24) is 15.3 Å². The number of carbonyl (C=O) groups excluding carboxylic acids is 1. The van der Waals surface area contributed by atoms with Gasteiger partial charge in [0.15, 0.2) is 0 Å². The fourth-order valence-electron chi connectivity index (χ4n) is 2.99. The normalized spacial score (nSPS) is 21.5. The predicted molar refractivity (Wildman–Crippen MR) is 81.6 cm³/mol. The van der Waals surface area contributed by atoms with Crippen LogP contribution in [0.5, 0.6) is 0 Å². The van der Waals surface area contributed by atoms with Gasteiger partial charge in [-0.15, -0.1) is 0 Å². The molecule has 0 spiro atoms. The maximum absolute atomic E-state index is 12.6. The van der Waals surface area contributed by atoms with Gasteiger partial charge in [-0.3, -0.25) is 9.59 Å². The van der Waals surface area contributed by atoms with Gasteiger partial charge < -0.3 is 10.3 Å². The molecule has 122 valence electrons. The van der Waals surface area contributed by atoms with Gasteiger partial charge in [-0.25, -0.2) is 13.8 Å². The van der Waals surface area contributed by atoms with Crippen LogP contribution >= 0.6 is 0 Å². The van der Waals surface area contributed by atoms with Crippen LogP contribution in [0.15, 0.2) is 29.3 Å². The van der Waals surface area contributed by atoms with E-state index in [0.717, 1.165) is 0 Å². The molecule has 1 aliphatic rings. The van der Waals surface area contributed by atoms with E-state index in [4.69, 9.17) is 0 Å². The Bertz CT molecular complexity index is 767. The summed E-state index contributed by atoms with van der Waals surface area (Å²) in [4.78, 5) is 30.4. The number of hydrogen-bond donors (Lipinski definition) is 2. The van der Waals surface area contributed by atoms with E-state index in [1.165, 1.54) is 6.33 Å². The number of nitrogens with zero attached hydrogens (tertiary/aromatic N) is 1. The summed E-state index contributed by atoms with van der Waals surface area (Å²) in [5.41, 5.74) is 0.599. The van der Waals surface area contributed by atoms with Crippen molar-refractivity contribution < 1.29 is 13.6 Å². The van der Waals surface area contributed by atoms with Gasteiger partial charge in [0.1, 0.15) is 0 Å². The summed E-state index contributed by atoms with van der Waals surface area (Å²) in [5.74, 6) is -0.825. The highest BCUT2D eigenvalue weighted by Crippen LogP contribution is 2.29. The average Bonchev–Trinajstić information content (AvgIpc) is 2.55. The minimum atomic E-state index is -2.28. The lowest BCUT2D eigenvalue weighted by Crippen LogP contribution is -2.38. The van der Waals surface area contributed by atoms with Crippen LogP contribution in [-0.4, -0.2) is 28.3 Å². The van der Waals surface area contributed by atoms with Gasteiger partial charge in [-0.1, -0.05) is 0 Å². The minimum Gasteiger partial charge on any atom is -0.349 e. The summed E-state index contributed by atoms with van der Waals surface area (Å²) < 4.78 is 25.3. The Hall–Kier alpha value is -2.31. The molecule has 1 aromatic heterocycles. The molecule has 1 fully saturated rings. The van der Waals surface area contributed by atoms with Gasteiger partial charge in [-0.2, -0.15) is 0 Å². The molecule has 0 unspecified atom stereocenters. The van der Waals surface area contributed by atoms with E-state index in [-0.39, 0.29) is 17.5 Å². The van der Waals surface area contributed by atoms with E-state index in [2.05, 4.69) is 15.3 Å². The number of benzene rings is 1. The lowest BCUT2D eigenvalue weighted by atomic mass is 9.86. The Kier molecular flexibility index (Phi) is 4.36. The van der Waals surface area contributed by atoms with Crippen LogP contribution in [0.2, 0.25) is 0 Å². The molecule has 0 saturated heterocycles. The van der Waals surface area contributed by atoms with Crippen LogP contribution in [0.4, 0.5) is 8.78 Å². The Morgan fingerprint density at radius 2 is 2.00 bits per heavy atom. The SMILES string of the molecule is O=C(NC1CCC(C(F)F)CC1)c1ccc2c(=O)[nH]cnc2c1. The molecule has 5 nitrogen and oxygen atoms in total. The molecule has 0 bridgehead atoms. The number of hydrogen-bond acceptors (Lipinski definition) is 3. The molecular weight excluding hydrogens is 304 g/mol. The fraction of sp³-hybridized carbons (Fsp3) is 0.438. The van der Waals surface area contributed by atoms with Crippen LogP contribution in [0.1, 0.15) is 36.0 Å². The third-order valence-corrected chi connectivity index (χ3v) is 4.37. The standard InChI is InChI=1S/C16H17F2N3O2/c17-14(18)9-1-4-11(5-2-9)21-15(22)10-3-6-12-13(7-10)19-8-20-16(12)23/h3,6-9,11,14H,1-2,4-5H2,(H,21,22)(H,19,20,23). The van der Waals surface area contributed by atoms with Gasteiger partial charge in [0, 0.05) is 17.5 Å². The second kappa shape index (κ2) is 6.44. The van der Waals surface area contributed by atoms with Gasteiger partial charge in [0.25, 0.3) is 11.5 Å². The Morgan fingerprint density at radius 3 is 2.70 bits per heavy atom. The van der Waals surface area contributed by atoms with E-state index in [0.29, 0.717) is 42.1 Å². The first-order valence-electron chi connectivity index (χ1n) is 7.61. The minimum absolute atomic E-state index is 0.0830. The highest BCUT2D eigenvalue weighted by atomic mass is 19.3. The molecule has 7 heteroatoms. The summed E-state index contributed by atoms with van der Waals surface area (Å²) in [7, 11) is 0. The topological polar surface area (TPSA) is 74.8 Å². The summed E-state index contributed by atoms with van der Waals surface area (Å²) in [6.45, 7) is 0. The zero-order valence-electron chi connectivity index (χ0n) is 12.4. The van der Waals surface area contributed by atoms with Crippen LogP contribution in [-0.2, 0) is 0 Å². The molecule has 1 saturated carbocycles. The van der Waals surface area contributed by atoms with Crippen molar-refractivity contribution in [3.05, 3.63) is 40.4 Å². The number of fused-ring (bicyclic) bond motifs is 1. The van der Waals surface area contributed by atoms with Crippen molar-refractivity contribution in [3.8, 4) is 0 Å². The highest BCUT2D eigenvalue weighted by Gasteiger charge is 2.28. The quantitative estimate of drug-likeness (QED) is 0.912. The number of rotatable bonds is 3. The number of alkyl halides is 2. The number of H-pyrrole nitrogens is 1. The van der Waals surface area contributed by atoms with E-state index in [1.807, 2.05) is 0 Å². The smallest absolute Gasteiger partial charge is 0.258 e. The van der Waals surface area contributed by atoms with E-state index < -0.39 is 12.3 Å². The van der Waals surface area contributed by atoms with Crippen LogP contribution in [0, 0.1) is 5.92 Å². The van der Waals surface area contributed by atoms with Crippen LogP contribution < -0.4 is 10.9 Å². The third-order valence-electron chi connectivity index (χ3n) is 4.37. The average molecular weight is 321 g/mol. The highest BCUT2D eigenvalue weighted by molar-refractivity contribution is 5.97. The Morgan fingerprint density at radius 1 is 1.26 bits per heavy atom. The second-order valence-electron chi connectivity index (χ2n) is 5.88. The van der Waals surface area contributed by atoms with E-state index in [1.54, 1.807) is 18.2 Å². The second-order valence-corrected chi connectivity index (χ2v) is 5.88. The first-order valence-corrected chi connectivity index (χ1v) is 7.61. The van der Waals surface area contributed by atoms with Crippen molar-refractivity contribution in [2.75, 3.05) is 0 Å². The fourth-order valence-corrected chi connectivity index (χ4v) is 2.99. The van der Waals surface area contributed by atoms with Gasteiger partial charge >= 0.3 is 0 Å². The number of aromatic nitrogens is 2. The molecule has 3 rings (SSSR count). The number of amides is 1. The van der Waals surface area contributed by atoms with Gasteiger partial charge in [0.2, 0.25) is 6.43 Å². The number of nitrogens with one attached hydrogen (secondary N) is 2. The number of halogens is 2. The molecular formula is C16H17F2N3O2. The lowest BCUT2D eigenvalue weighted by Gasteiger charge is -2.28. The molecule has 1 heterocycles. The summed E-state index contributed by atoms with van der Waals surface area (Å²) >= 11 is 0. The van der Waals surface area contributed by atoms with Crippen LogP contribution in [0.25, 0.3) is 10.9 Å². The molecule has 1 aromatic carbocycles. The van der Waals surface area contributed by atoms with Crippen molar-refractivity contribution in [1.29, 1.82) is 0 Å². The van der Waals surface area contributed by atoms with Crippen molar-refractivity contribution in [2.24, 2.45) is 5.92 Å². The molecule has 2 aromatic rings. The van der Waals surface area contributed by atoms with E-state index >= 15 is 0 Å². The molecule has 0 atom stereocenters.